The number of aryl methyl sites for hydroxylation is 1. The predicted octanol–water partition coefficient (Wildman–Crippen LogP) is 1.79. The summed E-state index contributed by atoms with van der Waals surface area (Å²) in [6.45, 7) is 5.45. The van der Waals surface area contributed by atoms with Crippen molar-refractivity contribution in [3.8, 4) is 0 Å². The maximum absolute atomic E-state index is 12.2. The molecule has 1 aliphatic rings. The zero-order valence-corrected chi connectivity index (χ0v) is 13.2. The second kappa shape index (κ2) is 7.39. The lowest BCUT2D eigenvalue weighted by atomic mass is 10.0. The average Bonchev–Trinajstić information content (AvgIpc) is 3.03. The average molecular weight is 315 g/mol. The molecule has 0 aliphatic carbocycles. The molecule has 1 aromatic heterocycles. The van der Waals surface area contributed by atoms with Crippen molar-refractivity contribution in [1.82, 2.24) is 15.4 Å². The number of hydrogen-bond acceptors (Lipinski definition) is 5. The number of morpholine rings is 1. The van der Waals surface area contributed by atoms with Gasteiger partial charge in [0.25, 0.3) is 5.91 Å². The molecule has 1 aliphatic heterocycles. The standard InChI is InChI=1S/C17H21N3O3/c1-13-11-15(19-23-13)17(21)18-12-16(14-5-3-2-4-6-14)20-7-9-22-10-8-20/h2-6,11,16H,7-10,12H2,1H3,(H,18,21)/t16-/m1/s1. The molecule has 1 aromatic carbocycles. The summed E-state index contributed by atoms with van der Waals surface area (Å²) in [5, 5.41) is 6.72. The van der Waals surface area contributed by atoms with E-state index in [9.17, 15) is 4.79 Å². The Morgan fingerprint density at radius 3 is 2.70 bits per heavy atom. The number of rotatable bonds is 5. The van der Waals surface area contributed by atoms with E-state index in [1.54, 1.807) is 13.0 Å². The summed E-state index contributed by atoms with van der Waals surface area (Å²) in [4.78, 5) is 14.5. The molecule has 2 aromatic rings. The van der Waals surface area contributed by atoms with E-state index >= 15 is 0 Å². The maximum Gasteiger partial charge on any atom is 0.273 e. The summed E-state index contributed by atoms with van der Waals surface area (Å²) in [7, 11) is 0. The lowest BCUT2D eigenvalue weighted by molar-refractivity contribution is 0.0162. The molecule has 0 spiro atoms. The first-order chi connectivity index (χ1) is 11.2. The van der Waals surface area contributed by atoms with Crippen LogP contribution in [0.1, 0.15) is 27.9 Å². The van der Waals surface area contributed by atoms with E-state index in [0.717, 1.165) is 26.3 Å². The fourth-order valence-corrected chi connectivity index (χ4v) is 2.78. The van der Waals surface area contributed by atoms with Gasteiger partial charge in [-0.05, 0) is 12.5 Å². The van der Waals surface area contributed by atoms with Gasteiger partial charge in [0.05, 0.1) is 19.3 Å². The lowest BCUT2D eigenvalue weighted by Gasteiger charge is -2.34. The van der Waals surface area contributed by atoms with Crippen LogP contribution in [0.2, 0.25) is 0 Å². The van der Waals surface area contributed by atoms with Crippen molar-refractivity contribution in [3.63, 3.8) is 0 Å². The highest BCUT2D eigenvalue weighted by atomic mass is 16.5. The zero-order valence-electron chi connectivity index (χ0n) is 13.2. The number of ether oxygens (including phenoxy) is 1. The third-order valence-electron chi connectivity index (χ3n) is 3.99. The number of carbonyl (C=O) groups is 1. The van der Waals surface area contributed by atoms with Crippen LogP contribution in [0.3, 0.4) is 0 Å². The van der Waals surface area contributed by atoms with E-state index in [-0.39, 0.29) is 11.9 Å². The van der Waals surface area contributed by atoms with Crippen LogP contribution in [-0.4, -0.2) is 48.8 Å². The van der Waals surface area contributed by atoms with Crippen molar-refractivity contribution in [3.05, 3.63) is 53.4 Å². The molecule has 3 rings (SSSR count). The van der Waals surface area contributed by atoms with Crippen molar-refractivity contribution in [2.45, 2.75) is 13.0 Å². The Balaban J connectivity index is 1.69. The van der Waals surface area contributed by atoms with Crippen molar-refractivity contribution in [2.24, 2.45) is 0 Å². The SMILES string of the molecule is Cc1cc(C(=O)NC[C@H](c2ccccc2)N2CCOCC2)no1. The van der Waals surface area contributed by atoms with Crippen LogP contribution in [0, 0.1) is 6.92 Å². The molecule has 2 heterocycles. The fraction of sp³-hybridized carbons (Fsp3) is 0.412. The van der Waals surface area contributed by atoms with Crippen LogP contribution in [0.4, 0.5) is 0 Å². The second-order valence-electron chi connectivity index (χ2n) is 5.61. The minimum absolute atomic E-state index is 0.122. The van der Waals surface area contributed by atoms with Crippen LogP contribution >= 0.6 is 0 Å². The number of nitrogens with one attached hydrogen (secondary N) is 1. The highest BCUT2D eigenvalue weighted by molar-refractivity contribution is 5.92. The Hall–Kier alpha value is -2.18. The highest BCUT2D eigenvalue weighted by Crippen LogP contribution is 2.21. The third kappa shape index (κ3) is 3.97. The van der Waals surface area contributed by atoms with Gasteiger partial charge < -0.3 is 14.6 Å². The van der Waals surface area contributed by atoms with Crippen molar-refractivity contribution < 1.29 is 14.1 Å². The van der Waals surface area contributed by atoms with E-state index < -0.39 is 0 Å². The number of hydrogen-bond donors (Lipinski definition) is 1. The van der Waals surface area contributed by atoms with Crippen LogP contribution < -0.4 is 5.32 Å². The zero-order chi connectivity index (χ0) is 16.1. The van der Waals surface area contributed by atoms with Crippen LogP contribution in [0.25, 0.3) is 0 Å². The Morgan fingerprint density at radius 2 is 2.04 bits per heavy atom. The molecule has 23 heavy (non-hydrogen) atoms. The molecular formula is C17H21N3O3. The van der Waals surface area contributed by atoms with Gasteiger partial charge in [-0.2, -0.15) is 0 Å². The first kappa shape index (κ1) is 15.7. The first-order valence-corrected chi connectivity index (χ1v) is 7.82. The largest absolute Gasteiger partial charge is 0.379 e. The molecule has 1 atom stereocenters. The van der Waals surface area contributed by atoms with Gasteiger partial charge in [-0.3, -0.25) is 9.69 Å². The number of carbonyl (C=O) groups excluding carboxylic acids is 1. The predicted molar refractivity (Wildman–Crippen MR) is 85.1 cm³/mol. The second-order valence-corrected chi connectivity index (χ2v) is 5.61. The molecule has 122 valence electrons. The minimum Gasteiger partial charge on any atom is -0.379 e. The summed E-state index contributed by atoms with van der Waals surface area (Å²) in [5.74, 6) is 0.416. The highest BCUT2D eigenvalue weighted by Gasteiger charge is 2.23. The van der Waals surface area contributed by atoms with Gasteiger partial charge in [0.1, 0.15) is 5.76 Å². The van der Waals surface area contributed by atoms with E-state index in [0.29, 0.717) is 18.0 Å². The number of amides is 1. The van der Waals surface area contributed by atoms with Crippen LogP contribution in [0.15, 0.2) is 40.9 Å². The molecule has 0 bridgehead atoms. The minimum atomic E-state index is -0.212. The number of benzene rings is 1. The summed E-state index contributed by atoms with van der Waals surface area (Å²) < 4.78 is 10.4. The van der Waals surface area contributed by atoms with Gasteiger partial charge in [-0.15, -0.1) is 0 Å². The monoisotopic (exact) mass is 315 g/mol. The van der Waals surface area contributed by atoms with Crippen molar-refractivity contribution in [2.75, 3.05) is 32.8 Å². The molecule has 1 amide bonds. The Bertz CT molecular complexity index is 636. The van der Waals surface area contributed by atoms with Gasteiger partial charge in [-0.1, -0.05) is 35.5 Å². The van der Waals surface area contributed by atoms with E-state index in [4.69, 9.17) is 9.26 Å². The van der Waals surface area contributed by atoms with E-state index in [1.165, 1.54) is 5.56 Å². The van der Waals surface area contributed by atoms with Crippen LogP contribution in [0.5, 0.6) is 0 Å². The topological polar surface area (TPSA) is 67.6 Å². The quantitative estimate of drug-likeness (QED) is 0.911. The number of nitrogens with zero attached hydrogens (tertiary/aromatic N) is 2. The van der Waals surface area contributed by atoms with Gasteiger partial charge in [0.15, 0.2) is 5.69 Å². The molecule has 1 fully saturated rings. The van der Waals surface area contributed by atoms with Gasteiger partial charge in [0.2, 0.25) is 0 Å². The van der Waals surface area contributed by atoms with Crippen molar-refractivity contribution >= 4 is 5.91 Å². The molecule has 0 saturated carbocycles. The molecule has 1 saturated heterocycles. The fourth-order valence-electron chi connectivity index (χ4n) is 2.78. The van der Waals surface area contributed by atoms with Crippen molar-refractivity contribution in [1.29, 1.82) is 0 Å². The maximum atomic E-state index is 12.2. The van der Waals surface area contributed by atoms with Crippen LogP contribution in [-0.2, 0) is 4.74 Å². The molecule has 6 nitrogen and oxygen atoms in total. The van der Waals surface area contributed by atoms with E-state index in [1.807, 2.05) is 18.2 Å². The van der Waals surface area contributed by atoms with Gasteiger partial charge >= 0.3 is 0 Å². The summed E-state index contributed by atoms with van der Waals surface area (Å²) in [6.07, 6.45) is 0. The molecule has 6 heteroatoms. The summed E-state index contributed by atoms with van der Waals surface area (Å²) in [6, 6.07) is 12.0. The first-order valence-electron chi connectivity index (χ1n) is 7.82. The van der Waals surface area contributed by atoms with E-state index in [2.05, 4.69) is 27.5 Å². The Kier molecular flexibility index (Phi) is 5.05. The van der Waals surface area contributed by atoms with Gasteiger partial charge in [0, 0.05) is 25.7 Å². The lowest BCUT2D eigenvalue weighted by Crippen LogP contribution is -2.43. The Morgan fingerprint density at radius 1 is 1.30 bits per heavy atom. The molecule has 1 N–H and O–H groups in total. The Labute approximate surface area is 135 Å². The molecular weight excluding hydrogens is 294 g/mol. The van der Waals surface area contributed by atoms with Gasteiger partial charge in [-0.25, -0.2) is 0 Å². The number of aromatic nitrogens is 1. The summed E-state index contributed by atoms with van der Waals surface area (Å²) >= 11 is 0. The summed E-state index contributed by atoms with van der Waals surface area (Å²) in [5.41, 5.74) is 1.50. The third-order valence-corrected chi connectivity index (χ3v) is 3.99. The molecule has 0 radical (unpaired) electrons. The molecule has 0 unspecified atom stereocenters. The normalized spacial score (nSPS) is 16.9. The smallest absolute Gasteiger partial charge is 0.273 e.